The van der Waals surface area contributed by atoms with Crippen LogP contribution in [0.2, 0.25) is 18.1 Å². The second-order valence-corrected chi connectivity index (χ2v) is 9.50. The second kappa shape index (κ2) is 5.54. The first-order valence-corrected chi connectivity index (χ1v) is 8.23. The van der Waals surface area contributed by atoms with Crippen molar-refractivity contribution >= 4 is 14.5 Å². The van der Waals surface area contributed by atoms with Crippen LogP contribution in [0.4, 0.5) is 4.79 Å². The number of hydrogen-bond acceptors (Lipinski definition) is 3. The maximum atomic E-state index is 11.5. The molecule has 0 aliphatic rings. The molecule has 0 aliphatic heterocycles. The minimum Gasteiger partial charge on any atom is -0.489 e. The molecule has 0 saturated carbocycles. The van der Waals surface area contributed by atoms with Gasteiger partial charge in [0.2, 0.25) is 0 Å². The Kier molecular flexibility index (Phi) is 5.35. The summed E-state index contributed by atoms with van der Waals surface area (Å²) in [6.07, 6.45) is -0.500. The largest absolute Gasteiger partial charge is 0.494 e. The van der Waals surface area contributed by atoms with Gasteiger partial charge in [-0.05, 0) is 38.9 Å². The molecule has 0 aromatic carbocycles. The third kappa shape index (κ3) is 5.21. The smallest absolute Gasteiger partial charge is 0.489 e. The first-order valence-electron chi connectivity index (χ1n) is 5.70. The van der Waals surface area contributed by atoms with Gasteiger partial charge in [0.15, 0.2) is 0 Å². The fourth-order valence-corrected chi connectivity index (χ4v) is 3.74. The summed E-state index contributed by atoms with van der Waals surface area (Å²) in [7, 11) is -1.85. The molecule has 0 bridgehead atoms. The van der Waals surface area contributed by atoms with Crippen molar-refractivity contribution in [2.75, 3.05) is 0 Å². The molecule has 0 saturated heterocycles. The quantitative estimate of drug-likeness (QED) is 0.544. The van der Waals surface area contributed by atoms with Gasteiger partial charge < -0.3 is 9.16 Å². The van der Waals surface area contributed by atoms with E-state index in [0.29, 0.717) is 0 Å². The van der Waals surface area contributed by atoms with Gasteiger partial charge in [0.1, 0.15) is 5.60 Å². The lowest BCUT2D eigenvalue weighted by molar-refractivity contribution is 0.0182. The highest BCUT2D eigenvalue weighted by molar-refractivity contribution is 6.74. The molecule has 0 unspecified atom stereocenters. The van der Waals surface area contributed by atoms with Crippen LogP contribution in [0.1, 0.15) is 41.5 Å². The average molecular weight is 232 g/mol. The molecule has 0 rings (SSSR count). The van der Waals surface area contributed by atoms with Crippen LogP contribution in [0.25, 0.3) is 0 Å². The molecule has 0 spiro atoms. The standard InChI is InChI=1S/C11H24O3Si/c1-7-15(8-2,9-3)14-10(12)13-11(4,5)6/h7-9H2,1-6H3. The molecule has 0 fully saturated rings. The predicted molar refractivity (Wildman–Crippen MR) is 64.5 cm³/mol. The minimum atomic E-state index is -1.85. The Labute approximate surface area is 94.3 Å². The molecule has 0 radical (unpaired) electrons. The topological polar surface area (TPSA) is 35.5 Å². The summed E-state index contributed by atoms with van der Waals surface area (Å²) in [4.78, 5) is 11.5. The summed E-state index contributed by atoms with van der Waals surface area (Å²) in [5.74, 6) is 0. The molecule has 0 aliphatic carbocycles. The van der Waals surface area contributed by atoms with Crippen molar-refractivity contribution in [3.63, 3.8) is 0 Å². The lowest BCUT2D eigenvalue weighted by atomic mass is 10.2. The van der Waals surface area contributed by atoms with Crippen LogP contribution in [0, 0.1) is 0 Å². The summed E-state index contributed by atoms with van der Waals surface area (Å²) >= 11 is 0. The minimum absolute atomic E-state index is 0.466. The van der Waals surface area contributed by atoms with Crippen LogP contribution in [-0.4, -0.2) is 20.1 Å². The van der Waals surface area contributed by atoms with Crippen LogP contribution in [-0.2, 0) is 9.16 Å². The van der Waals surface area contributed by atoms with Gasteiger partial charge in [0, 0.05) is 0 Å². The molecule has 4 heteroatoms. The SMILES string of the molecule is CC[Si](CC)(CC)OC(=O)OC(C)(C)C. The fourth-order valence-electron chi connectivity index (χ4n) is 1.41. The Bertz CT molecular complexity index is 196. The highest BCUT2D eigenvalue weighted by Gasteiger charge is 2.34. The number of carbonyl (C=O) groups excluding carboxylic acids is 1. The summed E-state index contributed by atoms with van der Waals surface area (Å²) in [5, 5.41) is 0. The van der Waals surface area contributed by atoms with E-state index in [0.717, 1.165) is 18.1 Å². The molecular weight excluding hydrogens is 208 g/mol. The van der Waals surface area contributed by atoms with E-state index in [-0.39, 0.29) is 0 Å². The van der Waals surface area contributed by atoms with E-state index in [2.05, 4.69) is 20.8 Å². The van der Waals surface area contributed by atoms with Gasteiger partial charge >= 0.3 is 6.16 Å². The number of ether oxygens (including phenoxy) is 1. The first-order chi connectivity index (χ1) is 6.78. The van der Waals surface area contributed by atoms with E-state index in [4.69, 9.17) is 9.16 Å². The second-order valence-electron chi connectivity index (χ2n) is 4.81. The van der Waals surface area contributed by atoms with Crippen LogP contribution in [0.5, 0.6) is 0 Å². The monoisotopic (exact) mass is 232 g/mol. The molecule has 0 heterocycles. The molecule has 0 atom stereocenters. The van der Waals surface area contributed by atoms with Gasteiger partial charge in [-0.15, -0.1) is 0 Å². The predicted octanol–water partition coefficient (Wildman–Crippen LogP) is 3.94. The van der Waals surface area contributed by atoms with E-state index in [1.807, 2.05) is 20.8 Å². The third-order valence-electron chi connectivity index (χ3n) is 2.62. The van der Waals surface area contributed by atoms with E-state index in [9.17, 15) is 4.79 Å². The Morgan fingerprint density at radius 3 is 1.73 bits per heavy atom. The fraction of sp³-hybridized carbons (Fsp3) is 0.909. The van der Waals surface area contributed by atoms with Crippen LogP contribution in [0.3, 0.4) is 0 Å². The summed E-state index contributed by atoms with van der Waals surface area (Å²) < 4.78 is 10.7. The highest BCUT2D eigenvalue weighted by Crippen LogP contribution is 2.23. The third-order valence-corrected chi connectivity index (χ3v) is 7.09. The zero-order valence-corrected chi connectivity index (χ0v) is 11.8. The summed E-state index contributed by atoms with van der Waals surface area (Å²) in [6, 6.07) is 2.87. The number of carbonyl (C=O) groups is 1. The Morgan fingerprint density at radius 2 is 1.47 bits per heavy atom. The lowest BCUT2D eigenvalue weighted by Crippen LogP contribution is -2.40. The van der Waals surface area contributed by atoms with Gasteiger partial charge in [0.25, 0.3) is 8.32 Å². The van der Waals surface area contributed by atoms with Crippen molar-refractivity contribution in [1.29, 1.82) is 0 Å². The summed E-state index contributed by atoms with van der Waals surface area (Å²) in [5.41, 5.74) is -0.466. The molecule has 0 aromatic heterocycles. The van der Waals surface area contributed by atoms with E-state index in [1.54, 1.807) is 0 Å². The normalized spacial score (nSPS) is 12.4. The first kappa shape index (κ1) is 14.5. The Morgan fingerprint density at radius 1 is 1.07 bits per heavy atom. The molecule has 90 valence electrons. The van der Waals surface area contributed by atoms with Gasteiger partial charge in [0.05, 0.1) is 0 Å². The maximum Gasteiger partial charge on any atom is 0.494 e. The molecule has 0 N–H and O–H groups in total. The van der Waals surface area contributed by atoms with E-state index < -0.39 is 20.1 Å². The number of rotatable bonds is 4. The zero-order chi connectivity index (χ0) is 12.1. The van der Waals surface area contributed by atoms with Gasteiger partial charge in [-0.2, -0.15) is 0 Å². The Hall–Kier alpha value is -0.513. The highest BCUT2D eigenvalue weighted by atomic mass is 28.4. The maximum absolute atomic E-state index is 11.5. The number of hydrogen-bond donors (Lipinski definition) is 0. The molecule has 15 heavy (non-hydrogen) atoms. The van der Waals surface area contributed by atoms with Gasteiger partial charge in [-0.25, -0.2) is 4.79 Å². The average Bonchev–Trinajstić information content (AvgIpc) is 2.11. The van der Waals surface area contributed by atoms with Crippen molar-refractivity contribution in [1.82, 2.24) is 0 Å². The van der Waals surface area contributed by atoms with Gasteiger partial charge in [-0.3, -0.25) is 0 Å². The van der Waals surface area contributed by atoms with Crippen molar-refractivity contribution in [2.45, 2.75) is 65.3 Å². The molecule has 0 aromatic rings. The van der Waals surface area contributed by atoms with Crippen LogP contribution < -0.4 is 0 Å². The molecular formula is C11H24O3Si. The molecule has 0 amide bonds. The zero-order valence-electron chi connectivity index (χ0n) is 10.8. The van der Waals surface area contributed by atoms with Crippen molar-refractivity contribution in [2.24, 2.45) is 0 Å². The van der Waals surface area contributed by atoms with Crippen molar-refractivity contribution in [3.05, 3.63) is 0 Å². The van der Waals surface area contributed by atoms with E-state index in [1.165, 1.54) is 0 Å². The molecule has 3 nitrogen and oxygen atoms in total. The van der Waals surface area contributed by atoms with E-state index >= 15 is 0 Å². The van der Waals surface area contributed by atoms with Crippen LogP contribution >= 0.6 is 0 Å². The lowest BCUT2D eigenvalue weighted by Gasteiger charge is -2.29. The van der Waals surface area contributed by atoms with Gasteiger partial charge in [-0.1, -0.05) is 20.8 Å². The van der Waals surface area contributed by atoms with Crippen molar-refractivity contribution < 1.29 is 14.0 Å². The van der Waals surface area contributed by atoms with Crippen molar-refractivity contribution in [3.8, 4) is 0 Å². The van der Waals surface area contributed by atoms with Crippen LogP contribution in [0.15, 0.2) is 0 Å². The Balaban J connectivity index is 4.36. The summed E-state index contributed by atoms with van der Waals surface area (Å²) in [6.45, 7) is 11.8.